The monoisotopic (exact) mass is 376 g/mol. The highest BCUT2D eigenvalue weighted by Gasteiger charge is 2.21. The zero-order valence-corrected chi connectivity index (χ0v) is 16.7. The molecule has 1 heterocycles. The van der Waals surface area contributed by atoms with Crippen LogP contribution in [0.2, 0.25) is 0 Å². The molecule has 0 aromatic heterocycles. The first-order valence-corrected chi connectivity index (χ1v) is 11.2. The zero-order chi connectivity index (χ0) is 18.2. The third-order valence-electron chi connectivity index (χ3n) is 5.29. The highest BCUT2D eigenvalue weighted by Crippen LogP contribution is 2.23. The smallest absolute Gasteiger partial charge is 0.223 e. The first kappa shape index (κ1) is 19.6. The Labute approximate surface area is 162 Å². The van der Waals surface area contributed by atoms with Crippen molar-refractivity contribution in [3.8, 4) is 5.75 Å². The predicted octanol–water partition coefficient (Wildman–Crippen LogP) is 3.70. The van der Waals surface area contributed by atoms with Crippen molar-refractivity contribution in [1.82, 2.24) is 10.2 Å². The van der Waals surface area contributed by atoms with Gasteiger partial charge in [0.05, 0.1) is 6.54 Å². The second-order valence-corrected chi connectivity index (χ2v) is 8.77. The maximum absolute atomic E-state index is 12.3. The number of carbonyl (C=O) groups excluding carboxylic acids is 1. The summed E-state index contributed by atoms with van der Waals surface area (Å²) in [6.45, 7) is 5.92. The topological polar surface area (TPSA) is 41.6 Å². The fourth-order valence-electron chi connectivity index (χ4n) is 3.76. The molecule has 1 unspecified atom stereocenters. The van der Waals surface area contributed by atoms with E-state index in [4.69, 9.17) is 4.74 Å². The lowest BCUT2D eigenvalue weighted by molar-refractivity contribution is -0.126. The number of ether oxygens (including phenoxy) is 1. The van der Waals surface area contributed by atoms with Crippen molar-refractivity contribution in [3.05, 3.63) is 29.8 Å². The van der Waals surface area contributed by atoms with Crippen LogP contribution in [0.3, 0.4) is 0 Å². The molecule has 1 aromatic carbocycles. The quantitative estimate of drug-likeness (QED) is 0.788. The van der Waals surface area contributed by atoms with Gasteiger partial charge >= 0.3 is 0 Å². The Morgan fingerprint density at radius 3 is 2.81 bits per heavy atom. The minimum absolute atomic E-state index is 0.0239. The molecule has 2 aliphatic rings. The first-order valence-electron chi connectivity index (χ1n) is 10.0. The maximum atomic E-state index is 12.3. The van der Waals surface area contributed by atoms with Crippen LogP contribution in [0.5, 0.6) is 5.75 Å². The number of rotatable bonds is 7. The van der Waals surface area contributed by atoms with Crippen molar-refractivity contribution in [2.24, 2.45) is 5.92 Å². The lowest BCUT2D eigenvalue weighted by Gasteiger charge is -2.26. The number of carbonyl (C=O) groups is 1. The summed E-state index contributed by atoms with van der Waals surface area (Å²) < 4.78 is 6.04. The predicted molar refractivity (Wildman–Crippen MR) is 109 cm³/mol. The summed E-state index contributed by atoms with van der Waals surface area (Å²) in [5.74, 6) is 3.77. The summed E-state index contributed by atoms with van der Waals surface area (Å²) in [7, 11) is 0. The van der Waals surface area contributed by atoms with Crippen LogP contribution in [0.15, 0.2) is 24.3 Å². The van der Waals surface area contributed by atoms with Gasteiger partial charge in [-0.05, 0) is 37.5 Å². The Morgan fingerprint density at radius 2 is 2.04 bits per heavy atom. The number of amides is 1. The molecule has 1 saturated heterocycles. The summed E-state index contributed by atoms with van der Waals surface area (Å²) in [5, 5.41) is 3.08. The minimum atomic E-state index is -0.0239. The molecule has 1 saturated carbocycles. The molecule has 0 bridgehead atoms. The maximum Gasteiger partial charge on any atom is 0.223 e. The van der Waals surface area contributed by atoms with Crippen LogP contribution < -0.4 is 10.1 Å². The third-order valence-corrected chi connectivity index (χ3v) is 6.23. The van der Waals surface area contributed by atoms with Crippen LogP contribution in [0, 0.1) is 5.92 Å². The molecule has 26 heavy (non-hydrogen) atoms. The van der Waals surface area contributed by atoms with Crippen molar-refractivity contribution in [2.45, 2.75) is 51.7 Å². The molecule has 1 atom stereocenters. The Morgan fingerprint density at radius 1 is 1.27 bits per heavy atom. The molecule has 0 radical (unpaired) electrons. The van der Waals surface area contributed by atoms with Gasteiger partial charge in [0.15, 0.2) is 0 Å². The molecular formula is C21H32N2O2S. The summed E-state index contributed by atoms with van der Waals surface area (Å²) in [6, 6.07) is 8.39. The number of nitrogens with one attached hydrogen (secondary N) is 1. The molecule has 1 amide bonds. The van der Waals surface area contributed by atoms with Gasteiger partial charge in [-0.1, -0.05) is 31.4 Å². The van der Waals surface area contributed by atoms with Crippen LogP contribution in [0.25, 0.3) is 0 Å². The standard InChI is InChI=1S/C21H32N2O2S/c1-17(15-22-21(24)19-7-3-2-4-8-19)25-20-9-5-6-18(14-20)16-23-10-12-26-13-11-23/h5-6,9,14,17,19H,2-4,7-8,10-13,15-16H2,1H3,(H,22,24). The van der Waals surface area contributed by atoms with Crippen molar-refractivity contribution in [1.29, 1.82) is 0 Å². The van der Waals surface area contributed by atoms with E-state index in [0.29, 0.717) is 6.54 Å². The molecule has 1 aromatic rings. The number of thioether (sulfide) groups is 1. The van der Waals surface area contributed by atoms with E-state index in [1.165, 1.54) is 49.4 Å². The Bertz CT molecular complexity index is 569. The highest BCUT2D eigenvalue weighted by molar-refractivity contribution is 7.99. The van der Waals surface area contributed by atoms with Crippen LogP contribution in [0.1, 0.15) is 44.6 Å². The number of hydrogen-bond acceptors (Lipinski definition) is 4. The van der Waals surface area contributed by atoms with Gasteiger partial charge < -0.3 is 10.1 Å². The van der Waals surface area contributed by atoms with Gasteiger partial charge in [0.25, 0.3) is 0 Å². The van der Waals surface area contributed by atoms with Gasteiger partial charge in [0.1, 0.15) is 11.9 Å². The molecule has 1 aliphatic heterocycles. The Balaban J connectivity index is 1.43. The van der Waals surface area contributed by atoms with E-state index >= 15 is 0 Å². The molecule has 2 fully saturated rings. The summed E-state index contributed by atoms with van der Waals surface area (Å²) in [6.07, 6.45) is 5.70. The van der Waals surface area contributed by atoms with Crippen LogP contribution in [0.4, 0.5) is 0 Å². The number of nitrogens with zero attached hydrogens (tertiary/aromatic N) is 1. The fraction of sp³-hybridized carbons (Fsp3) is 0.667. The van der Waals surface area contributed by atoms with Crippen molar-refractivity contribution < 1.29 is 9.53 Å². The van der Waals surface area contributed by atoms with Gasteiger partial charge in [-0.3, -0.25) is 9.69 Å². The van der Waals surface area contributed by atoms with E-state index in [9.17, 15) is 4.79 Å². The first-order chi connectivity index (χ1) is 12.7. The van der Waals surface area contributed by atoms with Gasteiger partial charge in [-0.25, -0.2) is 0 Å². The van der Waals surface area contributed by atoms with Crippen molar-refractivity contribution in [2.75, 3.05) is 31.1 Å². The van der Waals surface area contributed by atoms with Crippen LogP contribution in [-0.4, -0.2) is 48.1 Å². The molecule has 5 heteroatoms. The minimum Gasteiger partial charge on any atom is -0.489 e. The van der Waals surface area contributed by atoms with E-state index in [-0.39, 0.29) is 17.9 Å². The van der Waals surface area contributed by atoms with Crippen molar-refractivity contribution >= 4 is 17.7 Å². The Hall–Kier alpha value is -1.20. The van der Waals surface area contributed by atoms with Gasteiger partial charge in [-0.15, -0.1) is 0 Å². The van der Waals surface area contributed by atoms with Gasteiger partial charge in [0, 0.05) is 37.1 Å². The van der Waals surface area contributed by atoms with E-state index in [1.54, 1.807) is 0 Å². The van der Waals surface area contributed by atoms with Gasteiger partial charge in [0.2, 0.25) is 5.91 Å². The van der Waals surface area contributed by atoms with Gasteiger partial charge in [-0.2, -0.15) is 11.8 Å². The summed E-state index contributed by atoms with van der Waals surface area (Å²) in [5.41, 5.74) is 1.30. The molecule has 144 valence electrons. The second kappa shape index (κ2) is 10.2. The largest absolute Gasteiger partial charge is 0.489 e. The second-order valence-electron chi connectivity index (χ2n) is 7.54. The zero-order valence-electron chi connectivity index (χ0n) is 15.9. The average molecular weight is 377 g/mol. The van der Waals surface area contributed by atoms with E-state index in [0.717, 1.165) is 25.1 Å². The molecule has 1 N–H and O–H groups in total. The van der Waals surface area contributed by atoms with E-state index < -0.39 is 0 Å². The molecule has 0 spiro atoms. The van der Waals surface area contributed by atoms with E-state index in [2.05, 4.69) is 28.4 Å². The van der Waals surface area contributed by atoms with Crippen LogP contribution >= 0.6 is 11.8 Å². The molecule has 4 nitrogen and oxygen atoms in total. The Kier molecular flexibility index (Phi) is 7.69. The normalized spacial score (nSPS) is 20.5. The summed E-state index contributed by atoms with van der Waals surface area (Å²) in [4.78, 5) is 14.8. The van der Waals surface area contributed by atoms with Crippen molar-refractivity contribution in [3.63, 3.8) is 0 Å². The highest BCUT2D eigenvalue weighted by atomic mass is 32.2. The molecule has 3 rings (SSSR count). The summed E-state index contributed by atoms with van der Waals surface area (Å²) >= 11 is 2.04. The van der Waals surface area contributed by atoms with Crippen LogP contribution in [-0.2, 0) is 11.3 Å². The average Bonchev–Trinajstić information content (AvgIpc) is 2.68. The van der Waals surface area contributed by atoms with E-state index in [1.807, 2.05) is 24.8 Å². The molecule has 1 aliphatic carbocycles. The fourth-order valence-corrected chi connectivity index (χ4v) is 4.74. The molecular weight excluding hydrogens is 344 g/mol. The SMILES string of the molecule is CC(CNC(=O)C1CCCCC1)Oc1cccc(CN2CCSCC2)c1. The lowest BCUT2D eigenvalue weighted by Crippen LogP contribution is -2.38. The number of hydrogen-bond donors (Lipinski definition) is 1. The number of benzene rings is 1. The third kappa shape index (κ3) is 6.20. The lowest BCUT2D eigenvalue weighted by atomic mass is 9.89.